The molecule has 2 aromatic heterocycles. The topological polar surface area (TPSA) is 47.3 Å². The van der Waals surface area contributed by atoms with E-state index in [0.29, 0.717) is 12.3 Å². The van der Waals surface area contributed by atoms with E-state index in [1.165, 1.54) is 25.7 Å². The van der Waals surface area contributed by atoms with Gasteiger partial charge in [-0.1, -0.05) is 18.9 Å². The van der Waals surface area contributed by atoms with Crippen molar-refractivity contribution in [2.45, 2.75) is 38.0 Å². The maximum absolute atomic E-state index is 10.5. The summed E-state index contributed by atoms with van der Waals surface area (Å²) in [5, 5.41) is 4.53. The van der Waals surface area contributed by atoms with Crippen molar-refractivity contribution in [1.29, 1.82) is 0 Å². The van der Waals surface area contributed by atoms with Crippen LogP contribution in [-0.2, 0) is 11.2 Å². The van der Waals surface area contributed by atoms with Crippen LogP contribution in [0.5, 0.6) is 0 Å². The van der Waals surface area contributed by atoms with E-state index in [2.05, 4.69) is 10.1 Å². The molecular formula is C13H15N3O. The van der Waals surface area contributed by atoms with Crippen molar-refractivity contribution >= 4 is 11.9 Å². The minimum Gasteiger partial charge on any atom is -0.303 e. The zero-order chi connectivity index (χ0) is 11.7. The molecule has 1 saturated carbocycles. The average molecular weight is 229 g/mol. The summed E-state index contributed by atoms with van der Waals surface area (Å²) in [6.07, 6.45) is 8.24. The number of nitrogens with zero attached hydrogens (tertiary/aromatic N) is 3. The van der Waals surface area contributed by atoms with Crippen LogP contribution < -0.4 is 0 Å². The molecule has 0 amide bonds. The molecule has 0 bridgehead atoms. The molecule has 0 spiro atoms. The van der Waals surface area contributed by atoms with Crippen molar-refractivity contribution in [1.82, 2.24) is 14.6 Å². The molecule has 0 saturated heterocycles. The molecule has 0 aliphatic heterocycles. The molecule has 1 fully saturated rings. The van der Waals surface area contributed by atoms with Gasteiger partial charge in [-0.05, 0) is 24.5 Å². The van der Waals surface area contributed by atoms with Gasteiger partial charge in [-0.15, -0.1) is 0 Å². The highest BCUT2D eigenvalue weighted by molar-refractivity contribution is 5.55. The number of aldehydes is 1. The van der Waals surface area contributed by atoms with E-state index < -0.39 is 0 Å². The van der Waals surface area contributed by atoms with Crippen LogP contribution in [0.2, 0.25) is 0 Å². The van der Waals surface area contributed by atoms with E-state index in [0.717, 1.165) is 23.3 Å². The Labute approximate surface area is 99.7 Å². The summed E-state index contributed by atoms with van der Waals surface area (Å²) in [5.74, 6) is 1.50. The zero-order valence-electron chi connectivity index (χ0n) is 9.67. The second-order valence-electron chi connectivity index (χ2n) is 4.66. The maximum Gasteiger partial charge on any atom is 0.155 e. The van der Waals surface area contributed by atoms with Crippen molar-refractivity contribution in [3.05, 3.63) is 29.7 Å². The Bertz CT molecular complexity index is 541. The first-order valence-corrected chi connectivity index (χ1v) is 6.15. The van der Waals surface area contributed by atoms with Crippen LogP contribution in [0.3, 0.4) is 0 Å². The van der Waals surface area contributed by atoms with Gasteiger partial charge < -0.3 is 4.79 Å². The fraction of sp³-hybridized carbons (Fsp3) is 0.462. The first-order chi connectivity index (χ1) is 8.36. The highest BCUT2D eigenvalue weighted by Gasteiger charge is 2.21. The largest absolute Gasteiger partial charge is 0.303 e. The Morgan fingerprint density at radius 3 is 2.94 bits per heavy atom. The minimum atomic E-state index is 0.439. The smallest absolute Gasteiger partial charge is 0.155 e. The lowest BCUT2D eigenvalue weighted by molar-refractivity contribution is -0.107. The predicted molar refractivity (Wildman–Crippen MR) is 64.0 cm³/mol. The first-order valence-electron chi connectivity index (χ1n) is 6.15. The zero-order valence-corrected chi connectivity index (χ0v) is 9.67. The monoisotopic (exact) mass is 229 g/mol. The molecule has 4 heteroatoms. The molecule has 0 N–H and O–H groups in total. The summed E-state index contributed by atoms with van der Waals surface area (Å²) in [7, 11) is 0. The molecule has 0 aromatic carbocycles. The second-order valence-corrected chi connectivity index (χ2v) is 4.66. The molecule has 0 unspecified atom stereocenters. The van der Waals surface area contributed by atoms with Gasteiger partial charge >= 0.3 is 0 Å². The number of carbonyl (C=O) groups excluding carboxylic acids is 1. The van der Waals surface area contributed by atoms with E-state index in [1.807, 2.05) is 18.3 Å². The van der Waals surface area contributed by atoms with Crippen LogP contribution in [0, 0.1) is 0 Å². The van der Waals surface area contributed by atoms with Crippen LogP contribution in [0.1, 0.15) is 43.0 Å². The van der Waals surface area contributed by atoms with Crippen LogP contribution in [0.25, 0.3) is 5.65 Å². The van der Waals surface area contributed by atoms with Gasteiger partial charge in [0, 0.05) is 18.5 Å². The summed E-state index contributed by atoms with van der Waals surface area (Å²) < 4.78 is 1.80. The number of aromatic nitrogens is 3. The Morgan fingerprint density at radius 1 is 1.35 bits per heavy atom. The first kappa shape index (κ1) is 10.4. The molecule has 3 rings (SSSR count). The van der Waals surface area contributed by atoms with Crippen LogP contribution in [0.15, 0.2) is 18.3 Å². The van der Waals surface area contributed by atoms with E-state index in [1.54, 1.807) is 4.52 Å². The summed E-state index contributed by atoms with van der Waals surface area (Å²) in [6.45, 7) is 0. The molecule has 0 radical (unpaired) electrons. The molecule has 4 nitrogen and oxygen atoms in total. The number of pyridine rings is 1. The summed E-state index contributed by atoms with van der Waals surface area (Å²) >= 11 is 0. The van der Waals surface area contributed by atoms with Gasteiger partial charge in [0.1, 0.15) is 6.29 Å². The fourth-order valence-electron chi connectivity index (χ4n) is 2.52. The van der Waals surface area contributed by atoms with Gasteiger partial charge in [0.15, 0.2) is 11.5 Å². The fourth-order valence-corrected chi connectivity index (χ4v) is 2.52. The third-order valence-corrected chi connectivity index (χ3v) is 3.45. The van der Waals surface area contributed by atoms with Crippen molar-refractivity contribution < 1.29 is 4.79 Å². The lowest BCUT2D eigenvalue weighted by atomic mass is 10.1. The van der Waals surface area contributed by atoms with Crippen LogP contribution >= 0.6 is 0 Å². The van der Waals surface area contributed by atoms with Crippen molar-refractivity contribution in [2.75, 3.05) is 0 Å². The molecule has 1 aliphatic carbocycles. The lowest BCUT2D eigenvalue weighted by Crippen LogP contribution is -1.96. The molecule has 1 aliphatic rings. The van der Waals surface area contributed by atoms with Crippen LogP contribution in [0.4, 0.5) is 0 Å². The van der Waals surface area contributed by atoms with Gasteiger partial charge in [0.25, 0.3) is 0 Å². The number of hydrogen-bond acceptors (Lipinski definition) is 3. The molecule has 88 valence electrons. The number of carbonyl (C=O) groups is 1. The van der Waals surface area contributed by atoms with Crippen molar-refractivity contribution in [3.8, 4) is 0 Å². The summed E-state index contributed by atoms with van der Waals surface area (Å²) in [6, 6.07) is 3.88. The number of rotatable bonds is 3. The SMILES string of the molecule is O=CCc1ccc2nc(C3CCCC3)nn2c1. The van der Waals surface area contributed by atoms with E-state index in [4.69, 9.17) is 0 Å². The van der Waals surface area contributed by atoms with E-state index >= 15 is 0 Å². The maximum atomic E-state index is 10.5. The standard InChI is InChI=1S/C13H15N3O/c17-8-7-10-5-6-12-14-13(15-16(12)9-10)11-3-1-2-4-11/h5-6,8-9,11H,1-4,7H2. The quantitative estimate of drug-likeness (QED) is 0.757. The highest BCUT2D eigenvalue weighted by atomic mass is 16.1. The molecule has 17 heavy (non-hydrogen) atoms. The van der Waals surface area contributed by atoms with Crippen LogP contribution in [-0.4, -0.2) is 20.9 Å². The number of hydrogen-bond donors (Lipinski definition) is 0. The molecule has 2 heterocycles. The minimum absolute atomic E-state index is 0.439. The lowest BCUT2D eigenvalue weighted by Gasteiger charge is -2.00. The van der Waals surface area contributed by atoms with Gasteiger partial charge in [0.05, 0.1) is 0 Å². The predicted octanol–water partition coefficient (Wildman–Crippen LogP) is 2.13. The van der Waals surface area contributed by atoms with E-state index in [-0.39, 0.29) is 0 Å². The Kier molecular flexibility index (Phi) is 2.63. The summed E-state index contributed by atoms with van der Waals surface area (Å²) in [5.41, 5.74) is 1.86. The molecular weight excluding hydrogens is 214 g/mol. The highest BCUT2D eigenvalue weighted by Crippen LogP contribution is 2.32. The van der Waals surface area contributed by atoms with Crippen molar-refractivity contribution in [2.24, 2.45) is 0 Å². The van der Waals surface area contributed by atoms with E-state index in [9.17, 15) is 4.79 Å². The van der Waals surface area contributed by atoms with Gasteiger partial charge in [-0.3, -0.25) is 0 Å². The normalized spacial score (nSPS) is 16.7. The summed E-state index contributed by atoms with van der Waals surface area (Å²) in [4.78, 5) is 15.0. The van der Waals surface area contributed by atoms with Gasteiger partial charge in [0.2, 0.25) is 0 Å². The van der Waals surface area contributed by atoms with Gasteiger partial charge in [-0.2, -0.15) is 5.10 Å². The molecule has 0 atom stereocenters. The molecule has 2 aromatic rings. The third-order valence-electron chi connectivity index (χ3n) is 3.45. The van der Waals surface area contributed by atoms with Gasteiger partial charge in [-0.25, -0.2) is 9.50 Å². The Morgan fingerprint density at radius 2 is 2.18 bits per heavy atom. The average Bonchev–Trinajstić information content (AvgIpc) is 2.97. The third kappa shape index (κ3) is 1.95. The Hall–Kier alpha value is -1.71. The van der Waals surface area contributed by atoms with Crippen molar-refractivity contribution in [3.63, 3.8) is 0 Å². The second kappa shape index (κ2) is 4.28. The Balaban J connectivity index is 1.97. The number of fused-ring (bicyclic) bond motifs is 1.